The number of fused-ring (bicyclic) bond motifs is 2. The van der Waals surface area contributed by atoms with E-state index >= 15 is 4.39 Å². The number of imidazole rings is 1. The molecule has 0 fully saturated rings. The van der Waals surface area contributed by atoms with Crippen molar-refractivity contribution in [2.75, 3.05) is 23.9 Å². The summed E-state index contributed by atoms with van der Waals surface area (Å²) in [6, 6.07) is 10.9. The Morgan fingerprint density at radius 3 is 2.59 bits per heavy atom. The van der Waals surface area contributed by atoms with Crippen LogP contribution in [-0.2, 0) is 4.79 Å². The number of hydrogen-bond donors (Lipinski definition) is 2. The van der Waals surface area contributed by atoms with Crippen LogP contribution in [-0.4, -0.2) is 50.3 Å². The number of nitrogens with one attached hydrogen (secondary N) is 2. The second kappa shape index (κ2) is 10.2. The Balaban J connectivity index is 1.40. The maximum Gasteiger partial charge on any atom is 0.224 e. The van der Waals surface area contributed by atoms with Crippen LogP contribution in [0.4, 0.5) is 15.8 Å². The van der Waals surface area contributed by atoms with Gasteiger partial charge in [0, 0.05) is 54.9 Å². The Bertz CT molecular complexity index is 1810. The summed E-state index contributed by atoms with van der Waals surface area (Å²) in [5, 5.41) is 2.91. The van der Waals surface area contributed by atoms with Crippen molar-refractivity contribution in [1.82, 2.24) is 24.9 Å². The zero-order valence-electron chi connectivity index (χ0n) is 23.2. The van der Waals surface area contributed by atoms with E-state index in [1.54, 1.807) is 49.0 Å². The molecule has 1 amide bonds. The maximum absolute atomic E-state index is 15.7. The van der Waals surface area contributed by atoms with E-state index in [9.17, 15) is 4.79 Å². The molecule has 10 heteroatoms. The Morgan fingerprint density at radius 2 is 1.80 bits per heavy atom. The molecule has 1 aliphatic rings. The van der Waals surface area contributed by atoms with E-state index in [-0.39, 0.29) is 23.8 Å². The van der Waals surface area contributed by atoms with Crippen molar-refractivity contribution in [3.05, 3.63) is 84.6 Å². The normalized spacial score (nSPS) is 13.2. The number of nitrogens with zero attached hydrogens (tertiary/aromatic N) is 6. The number of rotatable bonds is 5. The summed E-state index contributed by atoms with van der Waals surface area (Å²) in [6.45, 7) is 6.29. The van der Waals surface area contributed by atoms with Gasteiger partial charge in [0.25, 0.3) is 0 Å². The first kappa shape index (κ1) is 26.2. The number of H-pyrrole nitrogens is 1. The molecule has 0 radical (unpaired) electrons. The van der Waals surface area contributed by atoms with Crippen molar-refractivity contribution >= 4 is 34.2 Å². The summed E-state index contributed by atoms with van der Waals surface area (Å²) in [5.41, 5.74) is 6.45. The quantitative estimate of drug-likeness (QED) is 0.285. The third-order valence-corrected chi connectivity index (χ3v) is 6.80. The highest BCUT2D eigenvalue weighted by Gasteiger charge is 2.26. The van der Waals surface area contributed by atoms with Crippen LogP contribution in [0.1, 0.15) is 38.6 Å². The van der Waals surface area contributed by atoms with Crippen LogP contribution in [0.15, 0.2) is 72.4 Å². The smallest absolute Gasteiger partial charge is 0.224 e. The van der Waals surface area contributed by atoms with Gasteiger partial charge in [0.2, 0.25) is 5.91 Å². The standard InChI is InChI=1S/C31H29FN8O/c1-31(2,3)14-25(41)37-21-11-20(15-34-16-21)19-12-23-26(36-17-40(4)28(23)24(32)13-19)30-38-27-22(7-10-35-29(27)39-30)18-5-8-33-9-6-18/h5-13,15-16H,14,17H2,1-4H3,(H,37,41)(H,35,38,39). The molecule has 9 nitrogen and oxygen atoms in total. The van der Waals surface area contributed by atoms with Gasteiger partial charge in [-0.15, -0.1) is 0 Å². The number of anilines is 2. The average Bonchev–Trinajstić information content (AvgIpc) is 3.37. The molecule has 0 saturated carbocycles. The van der Waals surface area contributed by atoms with Gasteiger partial charge in [-0.3, -0.25) is 19.8 Å². The Hall–Kier alpha value is -4.99. The lowest BCUT2D eigenvalue weighted by Gasteiger charge is -2.27. The van der Waals surface area contributed by atoms with Crippen molar-refractivity contribution in [3.63, 3.8) is 0 Å². The highest BCUT2D eigenvalue weighted by molar-refractivity contribution is 6.16. The summed E-state index contributed by atoms with van der Waals surface area (Å²) < 4.78 is 15.7. The van der Waals surface area contributed by atoms with E-state index in [1.807, 2.05) is 45.0 Å². The van der Waals surface area contributed by atoms with E-state index in [0.29, 0.717) is 51.7 Å². The predicted octanol–water partition coefficient (Wildman–Crippen LogP) is 5.84. The van der Waals surface area contributed by atoms with Crippen LogP contribution in [0.3, 0.4) is 0 Å². The van der Waals surface area contributed by atoms with Crippen molar-refractivity contribution < 1.29 is 9.18 Å². The largest absolute Gasteiger partial charge is 0.352 e. The molecule has 1 aromatic carbocycles. The Morgan fingerprint density at radius 1 is 1.00 bits per heavy atom. The van der Waals surface area contributed by atoms with Gasteiger partial charge < -0.3 is 15.2 Å². The number of carbonyl (C=O) groups excluding carboxylic acids is 1. The molecule has 0 atom stereocenters. The van der Waals surface area contributed by atoms with Crippen molar-refractivity contribution in [1.29, 1.82) is 0 Å². The molecular weight excluding hydrogens is 519 g/mol. The van der Waals surface area contributed by atoms with Crippen LogP contribution in [0, 0.1) is 11.2 Å². The van der Waals surface area contributed by atoms with Crippen LogP contribution in [0.25, 0.3) is 33.4 Å². The van der Waals surface area contributed by atoms with Gasteiger partial charge in [-0.05, 0) is 52.9 Å². The Labute approximate surface area is 236 Å². The number of hydrogen-bond acceptors (Lipinski definition) is 7. The highest BCUT2D eigenvalue weighted by atomic mass is 19.1. The van der Waals surface area contributed by atoms with Crippen LogP contribution < -0.4 is 10.2 Å². The number of benzene rings is 1. The number of aliphatic imine (C=N–C) groups is 1. The summed E-state index contributed by atoms with van der Waals surface area (Å²) in [4.78, 5) is 40.0. The molecule has 5 aromatic rings. The Kier molecular flexibility index (Phi) is 6.53. The van der Waals surface area contributed by atoms with Gasteiger partial charge in [-0.1, -0.05) is 20.8 Å². The first-order valence-electron chi connectivity index (χ1n) is 13.3. The fraction of sp³-hybridized carbons (Fsp3) is 0.226. The summed E-state index contributed by atoms with van der Waals surface area (Å²) >= 11 is 0. The van der Waals surface area contributed by atoms with Gasteiger partial charge in [-0.25, -0.2) is 14.4 Å². The lowest BCUT2D eigenvalue weighted by molar-refractivity contribution is -0.117. The molecule has 2 N–H and O–H groups in total. The summed E-state index contributed by atoms with van der Waals surface area (Å²) in [7, 11) is 1.80. The third kappa shape index (κ3) is 5.28. The fourth-order valence-electron chi connectivity index (χ4n) is 5.02. The summed E-state index contributed by atoms with van der Waals surface area (Å²) in [6.07, 6.45) is 8.79. The number of amides is 1. The summed E-state index contributed by atoms with van der Waals surface area (Å²) in [5.74, 6) is 0.0104. The van der Waals surface area contributed by atoms with E-state index in [4.69, 9.17) is 9.98 Å². The molecule has 0 saturated heterocycles. The van der Waals surface area contributed by atoms with Crippen LogP contribution in [0.2, 0.25) is 0 Å². The minimum absolute atomic E-state index is 0.103. The van der Waals surface area contributed by atoms with E-state index in [0.717, 1.165) is 16.6 Å². The fourth-order valence-corrected chi connectivity index (χ4v) is 5.02. The van der Waals surface area contributed by atoms with Gasteiger partial charge in [0.15, 0.2) is 11.5 Å². The SMILES string of the molecule is CN1CN=C(c2nc3nccc(-c4ccncc4)c3[nH]2)c2cc(-c3cncc(NC(=O)CC(C)(C)C)c3)cc(F)c21. The lowest BCUT2D eigenvalue weighted by atomic mass is 9.92. The lowest BCUT2D eigenvalue weighted by Crippen LogP contribution is -2.28. The molecule has 6 rings (SSSR count). The third-order valence-electron chi connectivity index (χ3n) is 6.80. The van der Waals surface area contributed by atoms with E-state index in [1.165, 1.54) is 6.07 Å². The molecule has 206 valence electrons. The number of halogens is 1. The molecule has 0 unspecified atom stereocenters. The first-order valence-corrected chi connectivity index (χ1v) is 13.3. The topological polar surface area (TPSA) is 112 Å². The maximum atomic E-state index is 15.7. The van der Waals surface area contributed by atoms with Gasteiger partial charge >= 0.3 is 0 Å². The second-order valence-electron chi connectivity index (χ2n) is 11.3. The van der Waals surface area contributed by atoms with Crippen LogP contribution >= 0.6 is 0 Å². The number of aromatic nitrogens is 5. The minimum Gasteiger partial charge on any atom is -0.352 e. The molecule has 0 bridgehead atoms. The van der Waals surface area contributed by atoms with Crippen LogP contribution in [0.5, 0.6) is 0 Å². The monoisotopic (exact) mass is 548 g/mol. The predicted molar refractivity (Wildman–Crippen MR) is 158 cm³/mol. The van der Waals surface area contributed by atoms with Gasteiger partial charge in [-0.2, -0.15) is 0 Å². The van der Waals surface area contributed by atoms with E-state index in [2.05, 4.69) is 25.3 Å². The first-order chi connectivity index (χ1) is 19.7. The molecule has 5 heterocycles. The molecule has 4 aromatic heterocycles. The number of aromatic amines is 1. The van der Waals surface area contributed by atoms with Gasteiger partial charge in [0.1, 0.15) is 18.2 Å². The second-order valence-corrected chi connectivity index (χ2v) is 11.3. The van der Waals surface area contributed by atoms with Crippen molar-refractivity contribution in [3.8, 4) is 22.3 Å². The molecule has 0 spiro atoms. The van der Waals surface area contributed by atoms with Crippen molar-refractivity contribution in [2.45, 2.75) is 27.2 Å². The zero-order valence-corrected chi connectivity index (χ0v) is 23.2. The van der Waals surface area contributed by atoms with E-state index < -0.39 is 0 Å². The zero-order chi connectivity index (χ0) is 28.7. The molecular formula is C31H29FN8O. The molecule has 1 aliphatic heterocycles. The number of carbonyl (C=O) groups is 1. The minimum atomic E-state index is -0.388. The molecule has 0 aliphatic carbocycles. The number of pyridine rings is 3. The average molecular weight is 549 g/mol. The van der Waals surface area contributed by atoms with Crippen molar-refractivity contribution in [2.24, 2.45) is 10.4 Å². The highest BCUT2D eigenvalue weighted by Crippen LogP contribution is 2.35. The molecule has 41 heavy (non-hydrogen) atoms. The van der Waals surface area contributed by atoms with Gasteiger partial charge in [0.05, 0.1) is 23.1 Å².